The first-order valence-electron chi connectivity index (χ1n) is 7.39. The van der Waals surface area contributed by atoms with Crippen LogP contribution in [0.3, 0.4) is 0 Å². The Morgan fingerprint density at radius 1 is 1.12 bits per heavy atom. The number of nitrogens with one attached hydrogen (secondary N) is 2. The van der Waals surface area contributed by atoms with Crippen LogP contribution < -0.4 is 10.6 Å². The van der Waals surface area contributed by atoms with Gasteiger partial charge in [0.25, 0.3) is 11.8 Å². The minimum Gasteiger partial charge on any atom is -0.511 e. The lowest BCUT2D eigenvalue weighted by Crippen LogP contribution is -2.39. The second-order valence-electron chi connectivity index (χ2n) is 5.42. The number of benzene rings is 2. The van der Waals surface area contributed by atoms with Crippen LogP contribution in [0.25, 0.3) is 0 Å². The zero-order chi connectivity index (χ0) is 17.1. The molecule has 3 N–H and O–H groups in total. The molecule has 1 heterocycles. The second kappa shape index (κ2) is 6.76. The quantitative estimate of drug-likeness (QED) is 0.748. The molecule has 0 spiro atoms. The number of aliphatic hydroxyl groups is 1. The Morgan fingerprint density at radius 2 is 1.79 bits per heavy atom. The zero-order valence-electron chi connectivity index (χ0n) is 12.6. The van der Waals surface area contributed by atoms with Crippen LogP contribution in [0.5, 0.6) is 0 Å². The summed E-state index contributed by atoms with van der Waals surface area (Å²) in [6.07, 6.45) is 0.166. The van der Waals surface area contributed by atoms with E-state index in [0.717, 1.165) is 5.56 Å². The maximum Gasteiger partial charge on any atom is 0.264 e. The lowest BCUT2D eigenvalue weighted by Gasteiger charge is -2.25. The Balaban J connectivity index is 1.78. The van der Waals surface area contributed by atoms with Crippen LogP contribution >= 0.6 is 11.6 Å². The van der Waals surface area contributed by atoms with E-state index in [1.54, 1.807) is 24.3 Å². The summed E-state index contributed by atoms with van der Waals surface area (Å²) in [5.74, 6) is -1.48. The van der Waals surface area contributed by atoms with E-state index in [1.807, 2.05) is 30.3 Å². The maximum absolute atomic E-state index is 12.3. The summed E-state index contributed by atoms with van der Waals surface area (Å²) in [4.78, 5) is 24.6. The van der Waals surface area contributed by atoms with Gasteiger partial charge in [-0.2, -0.15) is 0 Å². The first-order chi connectivity index (χ1) is 11.5. The van der Waals surface area contributed by atoms with E-state index in [9.17, 15) is 14.7 Å². The molecule has 1 unspecified atom stereocenters. The summed E-state index contributed by atoms with van der Waals surface area (Å²) < 4.78 is 0. The summed E-state index contributed by atoms with van der Waals surface area (Å²) in [7, 11) is 0. The predicted molar refractivity (Wildman–Crippen MR) is 91.7 cm³/mol. The van der Waals surface area contributed by atoms with Gasteiger partial charge in [-0.05, 0) is 29.8 Å². The van der Waals surface area contributed by atoms with Gasteiger partial charge in [0.1, 0.15) is 11.3 Å². The highest BCUT2D eigenvalue weighted by Gasteiger charge is 2.32. The fourth-order valence-electron chi connectivity index (χ4n) is 2.56. The van der Waals surface area contributed by atoms with Crippen molar-refractivity contribution in [3.63, 3.8) is 0 Å². The first kappa shape index (κ1) is 16.1. The molecular weight excluding hydrogens is 328 g/mol. The minimum absolute atomic E-state index is 0.166. The number of aliphatic hydroxyl groups excluding tert-OH is 1. The summed E-state index contributed by atoms with van der Waals surface area (Å²) >= 11 is 5.79. The highest BCUT2D eigenvalue weighted by molar-refractivity contribution is 6.30. The number of amides is 2. The standard InChI is InChI=1S/C18H15ClN2O3/c19-12-6-8-13(9-7-12)20-17(23)16-15(22)10-14(21-18(16)24)11-4-2-1-3-5-11/h1-9,14,22H,10H2,(H,20,23)(H,21,24). The molecular formula is C18H15ClN2O3. The monoisotopic (exact) mass is 342 g/mol. The number of anilines is 1. The maximum atomic E-state index is 12.3. The molecule has 122 valence electrons. The average Bonchev–Trinajstić information content (AvgIpc) is 2.57. The molecule has 0 saturated carbocycles. The van der Waals surface area contributed by atoms with E-state index < -0.39 is 11.8 Å². The second-order valence-corrected chi connectivity index (χ2v) is 5.86. The Bertz CT molecular complexity index is 801. The largest absolute Gasteiger partial charge is 0.511 e. The predicted octanol–water partition coefficient (Wildman–Crippen LogP) is 3.35. The van der Waals surface area contributed by atoms with Crippen LogP contribution in [0.1, 0.15) is 18.0 Å². The molecule has 0 aromatic heterocycles. The van der Waals surface area contributed by atoms with Crippen LogP contribution in [0, 0.1) is 0 Å². The number of hydrogen-bond acceptors (Lipinski definition) is 3. The molecule has 1 aliphatic heterocycles. The molecule has 6 heteroatoms. The average molecular weight is 343 g/mol. The molecule has 0 aliphatic carbocycles. The third kappa shape index (κ3) is 3.41. The summed E-state index contributed by atoms with van der Waals surface area (Å²) in [5.41, 5.74) is 1.09. The molecule has 5 nitrogen and oxygen atoms in total. The normalized spacial score (nSPS) is 17.4. The van der Waals surface area contributed by atoms with Gasteiger partial charge in [0.05, 0.1) is 6.04 Å². The minimum atomic E-state index is -0.654. The molecule has 2 aromatic rings. The smallest absolute Gasteiger partial charge is 0.264 e. The van der Waals surface area contributed by atoms with E-state index in [1.165, 1.54) is 0 Å². The number of rotatable bonds is 3. The van der Waals surface area contributed by atoms with E-state index in [-0.39, 0.29) is 23.8 Å². The van der Waals surface area contributed by atoms with E-state index in [0.29, 0.717) is 10.7 Å². The SMILES string of the molecule is O=C(Nc1ccc(Cl)cc1)C1=C(O)CC(c2ccccc2)NC1=O. The Hall–Kier alpha value is -2.79. The molecule has 0 saturated heterocycles. The van der Waals surface area contributed by atoms with Gasteiger partial charge in [-0.3, -0.25) is 9.59 Å². The zero-order valence-corrected chi connectivity index (χ0v) is 13.4. The molecule has 0 bridgehead atoms. The van der Waals surface area contributed by atoms with Crippen molar-refractivity contribution in [1.82, 2.24) is 5.32 Å². The van der Waals surface area contributed by atoms with Crippen LogP contribution in [-0.2, 0) is 9.59 Å². The third-order valence-corrected chi connectivity index (χ3v) is 4.00. The third-order valence-electron chi connectivity index (χ3n) is 3.75. The van der Waals surface area contributed by atoms with Crippen molar-refractivity contribution in [3.05, 3.63) is 76.5 Å². The Kier molecular flexibility index (Phi) is 4.53. The summed E-state index contributed by atoms with van der Waals surface area (Å²) in [5, 5.41) is 16.1. The number of carbonyl (C=O) groups excluding carboxylic acids is 2. The summed E-state index contributed by atoms with van der Waals surface area (Å²) in [6.45, 7) is 0. The number of hydrogen-bond donors (Lipinski definition) is 3. The summed E-state index contributed by atoms with van der Waals surface area (Å²) in [6, 6.07) is 15.4. The van der Waals surface area contributed by atoms with Crippen molar-refractivity contribution in [2.45, 2.75) is 12.5 Å². The fraction of sp³-hybridized carbons (Fsp3) is 0.111. The van der Waals surface area contributed by atoms with Gasteiger partial charge < -0.3 is 15.7 Å². The molecule has 0 radical (unpaired) electrons. The van der Waals surface area contributed by atoms with Crippen molar-refractivity contribution >= 4 is 29.1 Å². The first-order valence-corrected chi connectivity index (χ1v) is 7.77. The molecule has 1 atom stereocenters. The van der Waals surface area contributed by atoms with Crippen molar-refractivity contribution in [1.29, 1.82) is 0 Å². The number of carbonyl (C=O) groups is 2. The highest BCUT2D eigenvalue weighted by Crippen LogP contribution is 2.27. The van der Waals surface area contributed by atoms with Gasteiger partial charge >= 0.3 is 0 Å². The van der Waals surface area contributed by atoms with Gasteiger partial charge in [0, 0.05) is 17.1 Å². The number of halogens is 1. The van der Waals surface area contributed by atoms with Gasteiger partial charge in [0.2, 0.25) is 0 Å². The van der Waals surface area contributed by atoms with Gasteiger partial charge in [-0.15, -0.1) is 0 Å². The van der Waals surface area contributed by atoms with Crippen molar-refractivity contribution in [3.8, 4) is 0 Å². The molecule has 1 aliphatic rings. The lowest BCUT2D eigenvalue weighted by molar-refractivity contribution is -0.123. The molecule has 0 fully saturated rings. The van der Waals surface area contributed by atoms with Crippen molar-refractivity contribution in [2.24, 2.45) is 0 Å². The van der Waals surface area contributed by atoms with Crippen LogP contribution in [0.2, 0.25) is 5.02 Å². The lowest BCUT2D eigenvalue weighted by atomic mass is 9.96. The van der Waals surface area contributed by atoms with E-state index in [2.05, 4.69) is 10.6 Å². The molecule has 3 rings (SSSR count). The van der Waals surface area contributed by atoms with Crippen molar-refractivity contribution in [2.75, 3.05) is 5.32 Å². The molecule has 2 aromatic carbocycles. The highest BCUT2D eigenvalue weighted by atomic mass is 35.5. The van der Waals surface area contributed by atoms with E-state index in [4.69, 9.17) is 11.6 Å². The van der Waals surface area contributed by atoms with Crippen molar-refractivity contribution < 1.29 is 14.7 Å². The Labute approximate surface area is 144 Å². The van der Waals surface area contributed by atoms with E-state index >= 15 is 0 Å². The topological polar surface area (TPSA) is 78.4 Å². The van der Waals surface area contributed by atoms with Crippen LogP contribution in [0.4, 0.5) is 5.69 Å². The molecule has 24 heavy (non-hydrogen) atoms. The van der Waals surface area contributed by atoms with Crippen LogP contribution in [0.15, 0.2) is 65.9 Å². The fourth-order valence-corrected chi connectivity index (χ4v) is 2.68. The Morgan fingerprint density at radius 3 is 2.42 bits per heavy atom. The van der Waals surface area contributed by atoms with Gasteiger partial charge in [-0.1, -0.05) is 41.9 Å². The molecule has 2 amide bonds. The van der Waals surface area contributed by atoms with Gasteiger partial charge in [0.15, 0.2) is 0 Å². The van der Waals surface area contributed by atoms with Crippen LogP contribution in [-0.4, -0.2) is 16.9 Å². The van der Waals surface area contributed by atoms with Gasteiger partial charge in [-0.25, -0.2) is 0 Å².